The molecule has 0 bridgehead atoms. The third kappa shape index (κ3) is 4.29. The first-order valence-corrected chi connectivity index (χ1v) is 7.70. The molecule has 0 saturated carbocycles. The molecule has 1 aromatic carbocycles. The number of carbonyl (C=O) groups is 1. The smallest absolute Gasteiger partial charge is 0.328 e. The van der Waals surface area contributed by atoms with Gasteiger partial charge in [0.25, 0.3) is 0 Å². The summed E-state index contributed by atoms with van der Waals surface area (Å²) >= 11 is 0. The van der Waals surface area contributed by atoms with Crippen molar-refractivity contribution in [2.45, 2.75) is 6.54 Å². The summed E-state index contributed by atoms with van der Waals surface area (Å²) in [5, 5.41) is 8.69. The Bertz CT molecular complexity index is 503. The minimum absolute atomic E-state index is 0.667. The fraction of sp³-hybridized carbons (Fsp3) is 0.357. The zero-order valence-corrected chi connectivity index (χ0v) is 11.4. The van der Waals surface area contributed by atoms with Gasteiger partial charge in [-0.05, 0) is 17.2 Å². The zero-order chi connectivity index (χ0) is 13.7. The van der Waals surface area contributed by atoms with Crippen LogP contribution in [-0.2, 0) is 22.1 Å². The van der Waals surface area contributed by atoms with Crippen LogP contribution in [0.25, 0.3) is 6.08 Å². The molecule has 2 rings (SSSR count). The molecule has 0 aromatic heterocycles. The van der Waals surface area contributed by atoms with Crippen molar-refractivity contribution in [3.05, 3.63) is 41.5 Å². The lowest BCUT2D eigenvalue weighted by atomic mass is 10.1. The standard InChI is InChI=1S/C14H17NO3S/c16-14(17)6-5-12-3-1-2-4-13(12)11-15-7-9-19(18)10-8-15/h1-6H,7-11H2,(H,16,17). The Morgan fingerprint density at radius 1 is 1.32 bits per heavy atom. The quantitative estimate of drug-likeness (QED) is 0.845. The minimum Gasteiger partial charge on any atom is -0.478 e. The number of carboxylic acids is 1. The Morgan fingerprint density at radius 2 is 2.00 bits per heavy atom. The number of nitrogens with zero attached hydrogens (tertiary/aromatic N) is 1. The number of aliphatic carboxylic acids is 1. The monoisotopic (exact) mass is 279 g/mol. The predicted octanol–water partition coefficient (Wildman–Crippen LogP) is 1.35. The van der Waals surface area contributed by atoms with E-state index in [1.54, 1.807) is 6.08 Å². The summed E-state index contributed by atoms with van der Waals surface area (Å²) in [6.45, 7) is 2.45. The van der Waals surface area contributed by atoms with Crippen molar-refractivity contribution >= 4 is 22.8 Å². The molecular formula is C14H17NO3S. The third-order valence-corrected chi connectivity index (χ3v) is 4.40. The van der Waals surface area contributed by atoms with E-state index in [1.807, 2.05) is 24.3 Å². The molecule has 0 spiro atoms. The largest absolute Gasteiger partial charge is 0.478 e. The maximum Gasteiger partial charge on any atom is 0.328 e. The topological polar surface area (TPSA) is 57.6 Å². The molecule has 1 heterocycles. The molecule has 0 radical (unpaired) electrons. The van der Waals surface area contributed by atoms with E-state index in [9.17, 15) is 9.00 Å². The second-order valence-corrected chi connectivity index (χ2v) is 6.19. The second kappa shape index (κ2) is 6.63. The van der Waals surface area contributed by atoms with Crippen molar-refractivity contribution in [2.75, 3.05) is 24.6 Å². The van der Waals surface area contributed by atoms with Crippen LogP contribution in [0.2, 0.25) is 0 Å². The molecule has 0 amide bonds. The van der Waals surface area contributed by atoms with E-state index in [2.05, 4.69) is 4.90 Å². The summed E-state index contributed by atoms with van der Waals surface area (Å²) in [4.78, 5) is 12.8. The van der Waals surface area contributed by atoms with Crippen LogP contribution in [0.5, 0.6) is 0 Å². The van der Waals surface area contributed by atoms with Gasteiger partial charge in [-0.1, -0.05) is 24.3 Å². The van der Waals surface area contributed by atoms with Crippen LogP contribution in [0.1, 0.15) is 11.1 Å². The summed E-state index contributed by atoms with van der Waals surface area (Å²) < 4.78 is 11.3. The van der Waals surface area contributed by atoms with Crippen LogP contribution in [0.4, 0.5) is 0 Å². The minimum atomic E-state index is -0.942. The molecule has 0 aliphatic carbocycles. The highest BCUT2D eigenvalue weighted by Gasteiger charge is 2.15. The average molecular weight is 279 g/mol. The van der Waals surface area contributed by atoms with E-state index in [1.165, 1.54) is 0 Å². The molecular weight excluding hydrogens is 262 g/mol. The average Bonchev–Trinajstić information content (AvgIpc) is 2.40. The first-order valence-electron chi connectivity index (χ1n) is 6.21. The number of rotatable bonds is 4. The Kier molecular flexibility index (Phi) is 4.87. The molecule has 4 nitrogen and oxygen atoms in total. The van der Waals surface area contributed by atoms with Crippen molar-refractivity contribution in [3.8, 4) is 0 Å². The highest BCUT2D eigenvalue weighted by atomic mass is 32.2. The first-order chi connectivity index (χ1) is 9.15. The lowest BCUT2D eigenvalue weighted by Gasteiger charge is -2.26. The fourth-order valence-electron chi connectivity index (χ4n) is 2.08. The molecule has 1 aromatic rings. The van der Waals surface area contributed by atoms with Gasteiger partial charge in [0.05, 0.1) is 0 Å². The molecule has 102 valence electrons. The van der Waals surface area contributed by atoms with Crippen molar-refractivity contribution in [2.24, 2.45) is 0 Å². The summed E-state index contributed by atoms with van der Waals surface area (Å²) in [7, 11) is -0.667. The molecule has 0 unspecified atom stereocenters. The zero-order valence-electron chi connectivity index (χ0n) is 10.6. The number of hydrogen-bond donors (Lipinski definition) is 1. The van der Waals surface area contributed by atoms with E-state index in [4.69, 9.17) is 5.11 Å². The van der Waals surface area contributed by atoms with Gasteiger partial charge >= 0.3 is 5.97 Å². The van der Waals surface area contributed by atoms with Gasteiger partial charge in [-0.25, -0.2) is 4.79 Å². The number of carboxylic acid groups (broad SMARTS) is 1. The third-order valence-electron chi connectivity index (χ3n) is 3.12. The maximum atomic E-state index is 11.3. The van der Waals surface area contributed by atoms with Crippen LogP contribution in [0.15, 0.2) is 30.3 Å². The van der Waals surface area contributed by atoms with Gasteiger partial charge in [0, 0.05) is 48.0 Å². The van der Waals surface area contributed by atoms with E-state index in [0.29, 0.717) is 0 Å². The van der Waals surface area contributed by atoms with Gasteiger partial charge in [-0.15, -0.1) is 0 Å². The van der Waals surface area contributed by atoms with Crippen LogP contribution >= 0.6 is 0 Å². The van der Waals surface area contributed by atoms with Gasteiger partial charge in [-0.3, -0.25) is 9.11 Å². The Labute approximate surface area is 115 Å². The second-order valence-electron chi connectivity index (χ2n) is 4.49. The molecule has 1 fully saturated rings. The van der Waals surface area contributed by atoms with Crippen LogP contribution in [-0.4, -0.2) is 44.8 Å². The summed E-state index contributed by atoms with van der Waals surface area (Å²) in [6, 6.07) is 7.77. The molecule has 5 heteroatoms. The summed E-state index contributed by atoms with van der Waals surface area (Å²) in [6.07, 6.45) is 2.78. The molecule has 1 aliphatic rings. The first kappa shape index (κ1) is 14.0. The molecule has 0 atom stereocenters. The normalized spacial score (nSPS) is 17.9. The van der Waals surface area contributed by atoms with Crippen LogP contribution in [0, 0.1) is 0 Å². The SMILES string of the molecule is O=C(O)C=Cc1ccccc1CN1CCS(=O)CC1. The fourth-order valence-corrected chi connectivity index (χ4v) is 3.20. The van der Waals surface area contributed by atoms with Gasteiger partial charge in [0.1, 0.15) is 0 Å². The van der Waals surface area contributed by atoms with E-state index >= 15 is 0 Å². The lowest BCUT2D eigenvalue weighted by molar-refractivity contribution is -0.131. The Morgan fingerprint density at radius 3 is 2.68 bits per heavy atom. The molecule has 1 aliphatic heterocycles. The maximum absolute atomic E-state index is 11.3. The van der Waals surface area contributed by atoms with Crippen LogP contribution in [0.3, 0.4) is 0 Å². The van der Waals surface area contributed by atoms with E-state index in [-0.39, 0.29) is 0 Å². The van der Waals surface area contributed by atoms with Gasteiger partial charge < -0.3 is 5.11 Å². The van der Waals surface area contributed by atoms with Gasteiger partial charge in [0.2, 0.25) is 0 Å². The Balaban J connectivity index is 2.07. The van der Waals surface area contributed by atoms with Crippen molar-refractivity contribution < 1.29 is 14.1 Å². The number of hydrogen-bond acceptors (Lipinski definition) is 3. The highest BCUT2D eigenvalue weighted by Crippen LogP contribution is 2.14. The predicted molar refractivity (Wildman–Crippen MR) is 76.3 cm³/mol. The number of benzene rings is 1. The van der Waals surface area contributed by atoms with E-state index in [0.717, 1.165) is 48.3 Å². The van der Waals surface area contributed by atoms with Gasteiger partial charge in [0.15, 0.2) is 0 Å². The molecule has 19 heavy (non-hydrogen) atoms. The highest BCUT2D eigenvalue weighted by molar-refractivity contribution is 7.85. The van der Waals surface area contributed by atoms with Crippen molar-refractivity contribution in [1.29, 1.82) is 0 Å². The van der Waals surface area contributed by atoms with Crippen LogP contribution < -0.4 is 0 Å². The van der Waals surface area contributed by atoms with Crippen molar-refractivity contribution in [1.82, 2.24) is 4.90 Å². The van der Waals surface area contributed by atoms with Gasteiger partial charge in [-0.2, -0.15) is 0 Å². The lowest BCUT2D eigenvalue weighted by Crippen LogP contribution is -2.37. The van der Waals surface area contributed by atoms with E-state index < -0.39 is 16.8 Å². The molecule has 1 saturated heterocycles. The summed E-state index contributed by atoms with van der Waals surface area (Å²) in [5.41, 5.74) is 2.03. The van der Waals surface area contributed by atoms with Crippen molar-refractivity contribution in [3.63, 3.8) is 0 Å². The summed E-state index contributed by atoms with van der Waals surface area (Å²) in [5.74, 6) is 0.517. The molecule has 1 N–H and O–H groups in total. The Hall–Kier alpha value is -1.46.